The molecule has 7 heteroatoms. The van der Waals surface area contributed by atoms with Crippen molar-refractivity contribution in [2.75, 3.05) is 0 Å². The van der Waals surface area contributed by atoms with Crippen LogP contribution in [0.25, 0.3) is 11.5 Å². The lowest BCUT2D eigenvalue weighted by atomic mass is 10.2. The monoisotopic (exact) mass is 248 g/mol. The van der Waals surface area contributed by atoms with E-state index in [-0.39, 0.29) is 17.6 Å². The van der Waals surface area contributed by atoms with Gasteiger partial charge in [0, 0.05) is 30.2 Å². The molecule has 1 aromatic carbocycles. The molecule has 0 fully saturated rings. The number of hydrogen-bond donors (Lipinski definition) is 1. The molecule has 18 heavy (non-hydrogen) atoms. The highest BCUT2D eigenvalue weighted by molar-refractivity contribution is 5.57. The Bertz CT molecular complexity index is 565. The van der Waals surface area contributed by atoms with E-state index in [9.17, 15) is 10.1 Å². The zero-order valence-corrected chi connectivity index (χ0v) is 9.74. The van der Waals surface area contributed by atoms with Gasteiger partial charge in [-0.25, -0.2) is 0 Å². The Hall–Kier alpha value is -2.28. The van der Waals surface area contributed by atoms with E-state index < -0.39 is 4.92 Å². The van der Waals surface area contributed by atoms with Crippen LogP contribution >= 0.6 is 0 Å². The summed E-state index contributed by atoms with van der Waals surface area (Å²) < 4.78 is 5.05. The molecule has 1 aromatic heterocycles. The highest BCUT2D eigenvalue weighted by Crippen LogP contribution is 2.22. The molecule has 0 aliphatic carbocycles. The minimum absolute atomic E-state index is 0.0144. The molecule has 0 radical (unpaired) electrons. The van der Waals surface area contributed by atoms with Gasteiger partial charge in [-0.3, -0.25) is 10.1 Å². The normalized spacial score (nSPS) is 12.3. The van der Waals surface area contributed by atoms with Crippen molar-refractivity contribution in [2.45, 2.75) is 19.4 Å². The Morgan fingerprint density at radius 3 is 3.00 bits per heavy atom. The van der Waals surface area contributed by atoms with Gasteiger partial charge in [0.15, 0.2) is 5.82 Å². The van der Waals surface area contributed by atoms with Crippen molar-refractivity contribution in [3.63, 3.8) is 0 Å². The second-order valence-electron chi connectivity index (χ2n) is 4.00. The molecule has 0 spiro atoms. The van der Waals surface area contributed by atoms with Crippen LogP contribution in [-0.4, -0.2) is 21.1 Å². The van der Waals surface area contributed by atoms with Crippen LogP contribution in [-0.2, 0) is 6.42 Å². The molecule has 1 atom stereocenters. The van der Waals surface area contributed by atoms with E-state index in [0.29, 0.717) is 17.8 Å². The van der Waals surface area contributed by atoms with Crippen LogP contribution in [0.1, 0.15) is 12.7 Å². The zero-order valence-electron chi connectivity index (χ0n) is 9.74. The largest absolute Gasteiger partial charge is 0.334 e. The van der Waals surface area contributed by atoms with Crippen molar-refractivity contribution in [1.82, 2.24) is 10.1 Å². The standard InChI is InChI=1S/C11H12N4O3/c1-7(12)5-10-13-11(18-14-10)8-3-2-4-9(6-8)15(16)17/h2-4,6-7H,5,12H2,1H3. The maximum absolute atomic E-state index is 10.7. The molecule has 0 bridgehead atoms. The predicted molar refractivity (Wildman–Crippen MR) is 63.7 cm³/mol. The van der Waals surface area contributed by atoms with Crippen molar-refractivity contribution in [3.8, 4) is 11.5 Å². The van der Waals surface area contributed by atoms with Gasteiger partial charge in [-0.1, -0.05) is 11.2 Å². The fourth-order valence-electron chi connectivity index (χ4n) is 1.49. The Balaban J connectivity index is 2.28. The molecule has 0 saturated heterocycles. The summed E-state index contributed by atoms with van der Waals surface area (Å²) in [4.78, 5) is 14.3. The van der Waals surface area contributed by atoms with E-state index in [1.165, 1.54) is 12.1 Å². The molecule has 2 aromatic rings. The number of nitrogens with two attached hydrogens (primary N) is 1. The third kappa shape index (κ3) is 2.69. The average molecular weight is 248 g/mol. The number of nitro benzene ring substituents is 1. The van der Waals surface area contributed by atoms with Gasteiger partial charge in [0.25, 0.3) is 11.6 Å². The first-order valence-electron chi connectivity index (χ1n) is 5.39. The molecular formula is C11H12N4O3. The maximum Gasteiger partial charge on any atom is 0.270 e. The third-order valence-corrected chi connectivity index (χ3v) is 2.28. The van der Waals surface area contributed by atoms with E-state index >= 15 is 0 Å². The number of benzene rings is 1. The molecule has 2 N–H and O–H groups in total. The number of rotatable bonds is 4. The van der Waals surface area contributed by atoms with E-state index in [0.717, 1.165) is 0 Å². The van der Waals surface area contributed by atoms with Gasteiger partial charge in [0.05, 0.1) is 4.92 Å². The zero-order chi connectivity index (χ0) is 13.1. The van der Waals surface area contributed by atoms with Crippen LogP contribution in [0.4, 0.5) is 5.69 Å². The SMILES string of the molecule is CC(N)Cc1noc(-c2cccc([N+](=O)[O-])c2)n1. The minimum Gasteiger partial charge on any atom is -0.334 e. The highest BCUT2D eigenvalue weighted by Gasteiger charge is 2.13. The average Bonchev–Trinajstić information content (AvgIpc) is 2.77. The Labute approximate surface area is 103 Å². The van der Waals surface area contributed by atoms with Crippen molar-refractivity contribution >= 4 is 5.69 Å². The molecule has 1 unspecified atom stereocenters. The van der Waals surface area contributed by atoms with Gasteiger partial charge >= 0.3 is 0 Å². The summed E-state index contributed by atoms with van der Waals surface area (Å²) in [5, 5.41) is 14.4. The minimum atomic E-state index is -0.470. The molecule has 94 valence electrons. The molecule has 0 aliphatic heterocycles. The lowest BCUT2D eigenvalue weighted by Crippen LogP contribution is -2.18. The second-order valence-corrected chi connectivity index (χ2v) is 4.00. The lowest BCUT2D eigenvalue weighted by Gasteiger charge is -1.97. The summed E-state index contributed by atoms with van der Waals surface area (Å²) in [7, 11) is 0. The molecule has 0 amide bonds. The van der Waals surface area contributed by atoms with E-state index in [2.05, 4.69) is 10.1 Å². The van der Waals surface area contributed by atoms with E-state index in [1.807, 2.05) is 6.92 Å². The van der Waals surface area contributed by atoms with Crippen LogP contribution in [0.15, 0.2) is 28.8 Å². The first kappa shape index (κ1) is 12.2. The van der Waals surface area contributed by atoms with Crippen LogP contribution < -0.4 is 5.73 Å². The summed E-state index contributed by atoms with van der Waals surface area (Å²) in [6, 6.07) is 5.98. The van der Waals surface area contributed by atoms with Gasteiger partial charge in [-0.15, -0.1) is 0 Å². The smallest absolute Gasteiger partial charge is 0.270 e. The summed E-state index contributed by atoms with van der Waals surface area (Å²) in [5.74, 6) is 0.751. The number of non-ortho nitro benzene ring substituents is 1. The fourth-order valence-corrected chi connectivity index (χ4v) is 1.49. The van der Waals surface area contributed by atoms with Crippen LogP contribution in [0, 0.1) is 10.1 Å². The van der Waals surface area contributed by atoms with Gasteiger partial charge in [-0.05, 0) is 13.0 Å². The van der Waals surface area contributed by atoms with Gasteiger partial charge < -0.3 is 10.3 Å². The molecule has 2 rings (SSSR count). The predicted octanol–water partition coefficient (Wildman–Crippen LogP) is 1.53. The van der Waals surface area contributed by atoms with Crippen LogP contribution in [0.3, 0.4) is 0 Å². The number of nitrogens with zero attached hydrogens (tertiary/aromatic N) is 3. The number of hydrogen-bond acceptors (Lipinski definition) is 6. The summed E-state index contributed by atoms with van der Waals surface area (Å²) >= 11 is 0. The first-order chi connectivity index (χ1) is 8.56. The first-order valence-corrected chi connectivity index (χ1v) is 5.39. The van der Waals surface area contributed by atoms with Crippen molar-refractivity contribution in [2.24, 2.45) is 5.73 Å². The van der Waals surface area contributed by atoms with Gasteiger partial charge in [0.2, 0.25) is 0 Å². The Morgan fingerprint density at radius 2 is 2.33 bits per heavy atom. The van der Waals surface area contributed by atoms with E-state index in [1.54, 1.807) is 12.1 Å². The molecule has 0 saturated carbocycles. The summed E-state index contributed by atoms with van der Waals surface area (Å²) in [6.07, 6.45) is 0.498. The molecule has 7 nitrogen and oxygen atoms in total. The molecule has 1 heterocycles. The van der Waals surface area contributed by atoms with Gasteiger partial charge in [-0.2, -0.15) is 4.98 Å². The second kappa shape index (κ2) is 4.92. The summed E-state index contributed by atoms with van der Waals surface area (Å²) in [5.41, 5.74) is 6.13. The maximum atomic E-state index is 10.7. The molecule has 0 aliphatic rings. The quantitative estimate of drug-likeness (QED) is 0.649. The third-order valence-electron chi connectivity index (χ3n) is 2.28. The molecular weight excluding hydrogens is 236 g/mol. The Morgan fingerprint density at radius 1 is 1.56 bits per heavy atom. The van der Waals surface area contributed by atoms with E-state index in [4.69, 9.17) is 10.3 Å². The lowest BCUT2D eigenvalue weighted by molar-refractivity contribution is -0.384. The number of nitro groups is 1. The fraction of sp³-hybridized carbons (Fsp3) is 0.273. The van der Waals surface area contributed by atoms with Crippen molar-refractivity contribution < 1.29 is 9.45 Å². The van der Waals surface area contributed by atoms with Gasteiger partial charge in [0.1, 0.15) is 0 Å². The topological polar surface area (TPSA) is 108 Å². The highest BCUT2D eigenvalue weighted by atomic mass is 16.6. The summed E-state index contributed by atoms with van der Waals surface area (Å²) in [6.45, 7) is 1.84. The van der Waals surface area contributed by atoms with Crippen LogP contribution in [0.2, 0.25) is 0 Å². The Kier molecular flexibility index (Phi) is 3.33. The number of aromatic nitrogens is 2. The van der Waals surface area contributed by atoms with Crippen LogP contribution in [0.5, 0.6) is 0 Å². The van der Waals surface area contributed by atoms with Crippen molar-refractivity contribution in [3.05, 3.63) is 40.2 Å². The van der Waals surface area contributed by atoms with Crippen molar-refractivity contribution in [1.29, 1.82) is 0 Å².